The van der Waals surface area contributed by atoms with Crippen LogP contribution >= 0.6 is 0 Å². The molecule has 0 aliphatic carbocycles. The molecule has 0 radical (unpaired) electrons. The van der Waals surface area contributed by atoms with Crippen molar-refractivity contribution in [2.24, 2.45) is 0 Å². The molecule has 0 bridgehead atoms. The van der Waals surface area contributed by atoms with Crippen LogP contribution in [0, 0.1) is 0 Å². The maximum absolute atomic E-state index is 12.7. The van der Waals surface area contributed by atoms with E-state index in [4.69, 9.17) is 18.9 Å². The van der Waals surface area contributed by atoms with Gasteiger partial charge in [-0.15, -0.1) is 0 Å². The molecule has 0 spiro atoms. The molecule has 1 aliphatic heterocycles. The van der Waals surface area contributed by atoms with E-state index in [9.17, 15) is 25.2 Å². The molecule has 6 unspecified atom stereocenters. The second kappa shape index (κ2) is 32.5. The van der Waals surface area contributed by atoms with Gasteiger partial charge in [0.2, 0.25) is 0 Å². The lowest BCUT2D eigenvalue weighted by Crippen LogP contribution is -2.59. The van der Waals surface area contributed by atoms with Gasteiger partial charge in [-0.2, -0.15) is 0 Å². The second-order valence-electron chi connectivity index (χ2n) is 12.6. The molecule has 1 heterocycles. The zero-order valence-corrected chi connectivity index (χ0v) is 30.9. The first-order valence-corrected chi connectivity index (χ1v) is 19.0. The van der Waals surface area contributed by atoms with E-state index < -0.39 is 43.4 Å². The van der Waals surface area contributed by atoms with E-state index in [0.29, 0.717) is 6.61 Å². The highest BCUT2D eigenvalue weighted by Gasteiger charge is 2.44. The zero-order valence-electron chi connectivity index (χ0n) is 30.9. The van der Waals surface area contributed by atoms with Gasteiger partial charge >= 0.3 is 5.97 Å². The summed E-state index contributed by atoms with van der Waals surface area (Å²) in [5.74, 6) is -0.352. The topological polar surface area (TPSA) is 135 Å². The molecule has 0 aromatic heterocycles. The van der Waals surface area contributed by atoms with Crippen LogP contribution in [0.1, 0.15) is 117 Å². The number of unbranched alkanes of at least 4 members (excludes halogenated alkanes) is 7. The van der Waals surface area contributed by atoms with E-state index in [1.165, 1.54) is 6.42 Å². The van der Waals surface area contributed by atoms with Gasteiger partial charge in [-0.3, -0.25) is 4.79 Å². The van der Waals surface area contributed by atoms with Crippen molar-refractivity contribution in [1.82, 2.24) is 0 Å². The van der Waals surface area contributed by atoms with Gasteiger partial charge in [-0.1, -0.05) is 112 Å². The number of aliphatic hydroxyl groups excluding tert-OH is 4. The normalized spacial score (nSPS) is 22.4. The summed E-state index contributed by atoms with van der Waals surface area (Å²) in [5.41, 5.74) is 0. The Morgan fingerprint density at radius 3 is 1.84 bits per heavy atom. The summed E-state index contributed by atoms with van der Waals surface area (Å²) in [5, 5.41) is 39.9. The van der Waals surface area contributed by atoms with Gasteiger partial charge in [0.1, 0.15) is 30.5 Å². The number of aliphatic hydroxyl groups is 4. The molecule has 6 atom stereocenters. The number of hydrogen-bond donors (Lipinski definition) is 4. The number of rotatable bonds is 30. The Morgan fingerprint density at radius 1 is 0.660 bits per heavy atom. The summed E-state index contributed by atoms with van der Waals surface area (Å²) in [6.07, 6.45) is 33.7. The van der Waals surface area contributed by atoms with Crippen molar-refractivity contribution >= 4 is 5.97 Å². The Labute approximate surface area is 302 Å². The van der Waals surface area contributed by atoms with E-state index in [2.05, 4.69) is 86.8 Å². The fourth-order valence-corrected chi connectivity index (χ4v) is 5.12. The fourth-order valence-electron chi connectivity index (χ4n) is 5.12. The van der Waals surface area contributed by atoms with Gasteiger partial charge in [0, 0.05) is 13.0 Å². The van der Waals surface area contributed by atoms with Crippen molar-refractivity contribution in [3.8, 4) is 0 Å². The number of hydrogen-bond acceptors (Lipinski definition) is 9. The summed E-state index contributed by atoms with van der Waals surface area (Å²) in [7, 11) is 0. The molecule has 0 aromatic carbocycles. The lowest BCUT2D eigenvalue weighted by Gasteiger charge is -2.39. The van der Waals surface area contributed by atoms with Crippen molar-refractivity contribution < 1.29 is 44.2 Å². The second-order valence-corrected chi connectivity index (χ2v) is 12.6. The summed E-state index contributed by atoms with van der Waals surface area (Å²) in [4.78, 5) is 12.7. The molecule has 9 heteroatoms. The van der Waals surface area contributed by atoms with Crippen LogP contribution in [0.25, 0.3) is 0 Å². The summed E-state index contributed by atoms with van der Waals surface area (Å²) < 4.78 is 22.6. The highest BCUT2D eigenvalue weighted by molar-refractivity contribution is 5.69. The van der Waals surface area contributed by atoms with Crippen molar-refractivity contribution in [3.05, 3.63) is 72.9 Å². The third kappa shape index (κ3) is 23.9. The summed E-state index contributed by atoms with van der Waals surface area (Å²) >= 11 is 0. The standard InChI is InChI=1S/C41H68O9/c1-3-5-7-9-11-13-15-17-19-21-23-25-27-29-31-47-33-35(34-48-41-40(46)39(45)38(44)36(32-42)50-41)49-37(43)30-28-26-24-22-20-18-16-14-12-10-8-6-4-2/h5,7-8,10-11,13-14,16-17,19,23,25,35-36,38-42,44-46H,3-4,6,9,12,15,18,20-22,24,26-34H2,1-2H3/b7-5-,10-8-,13-11-,16-14-,19-17-,25-23-. The van der Waals surface area contributed by atoms with Crippen molar-refractivity contribution in [2.45, 2.75) is 153 Å². The summed E-state index contributed by atoms with van der Waals surface area (Å²) in [6.45, 7) is 4.17. The lowest BCUT2D eigenvalue weighted by atomic mass is 9.99. The molecule has 0 amide bonds. The van der Waals surface area contributed by atoms with Crippen molar-refractivity contribution in [3.63, 3.8) is 0 Å². The van der Waals surface area contributed by atoms with Gasteiger partial charge in [-0.25, -0.2) is 0 Å². The molecule has 0 saturated carbocycles. The highest BCUT2D eigenvalue weighted by Crippen LogP contribution is 2.22. The predicted molar refractivity (Wildman–Crippen MR) is 200 cm³/mol. The molecular weight excluding hydrogens is 636 g/mol. The molecular formula is C41H68O9. The van der Waals surface area contributed by atoms with Crippen LogP contribution in [0.4, 0.5) is 0 Å². The quantitative estimate of drug-likeness (QED) is 0.0344. The van der Waals surface area contributed by atoms with Gasteiger partial charge in [-0.05, 0) is 70.6 Å². The van der Waals surface area contributed by atoms with Crippen molar-refractivity contribution in [2.75, 3.05) is 26.4 Å². The fraction of sp³-hybridized carbons (Fsp3) is 0.683. The molecule has 1 fully saturated rings. The van der Waals surface area contributed by atoms with Gasteiger partial charge in [0.15, 0.2) is 6.29 Å². The number of allylic oxidation sites excluding steroid dienone is 12. The Kier molecular flexibility index (Phi) is 29.7. The number of carbonyl (C=O) groups excluding carboxylic acids is 1. The third-order valence-corrected chi connectivity index (χ3v) is 8.09. The maximum atomic E-state index is 12.7. The van der Waals surface area contributed by atoms with E-state index >= 15 is 0 Å². The van der Waals surface area contributed by atoms with E-state index in [-0.39, 0.29) is 25.6 Å². The number of carbonyl (C=O) groups is 1. The van der Waals surface area contributed by atoms with Crippen molar-refractivity contribution in [1.29, 1.82) is 0 Å². The molecule has 4 N–H and O–H groups in total. The van der Waals surface area contributed by atoms with Crippen LogP contribution in [-0.4, -0.2) is 89.6 Å². The maximum Gasteiger partial charge on any atom is 0.306 e. The van der Waals surface area contributed by atoms with Crippen LogP contribution < -0.4 is 0 Å². The number of ether oxygens (including phenoxy) is 4. The Bertz CT molecular complexity index is 985. The molecule has 1 saturated heterocycles. The SMILES string of the molecule is CC/C=C\C/C=C\C/C=C\C/C=C\CCCOCC(COC1OC(CO)C(O)C(O)C1O)OC(=O)CCCCCCC/C=C\C/C=C\CCC. The number of esters is 1. The van der Waals surface area contributed by atoms with Crippen LogP contribution in [-0.2, 0) is 23.7 Å². The van der Waals surface area contributed by atoms with E-state index in [0.717, 1.165) is 89.9 Å². The Balaban J connectivity index is 2.40. The van der Waals surface area contributed by atoms with Crippen LogP contribution in [0.15, 0.2) is 72.9 Å². The molecule has 286 valence electrons. The van der Waals surface area contributed by atoms with E-state index in [1.807, 2.05) is 0 Å². The Hall–Kier alpha value is -2.37. The largest absolute Gasteiger partial charge is 0.457 e. The Morgan fingerprint density at radius 2 is 1.22 bits per heavy atom. The zero-order chi connectivity index (χ0) is 36.5. The first-order valence-electron chi connectivity index (χ1n) is 19.0. The molecule has 1 aliphatic rings. The molecule has 9 nitrogen and oxygen atoms in total. The summed E-state index contributed by atoms with van der Waals surface area (Å²) in [6, 6.07) is 0. The molecule has 1 rings (SSSR count). The third-order valence-electron chi connectivity index (χ3n) is 8.09. The monoisotopic (exact) mass is 704 g/mol. The predicted octanol–water partition coefficient (Wildman–Crippen LogP) is 7.35. The van der Waals surface area contributed by atoms with E-state index in [1.54, 1.807) is 0 Å². The average Bonchev–Trinajstić information content (AvgIpc) is 3.11. The first-order chi connectivity index (χ1) is 24.4. The highest BCUT2D eigenvalue weighted by atomic mass is 16.7. The van der Waals surface area contributed by atoms with Gasteiger partial charge in [0.05, 0.1) is 19.8 Å². The van der Waals surface area contributed by atoms with Crippen LogP contribution in [0.3, 0.4) is 0 Å². The van der Waals surface area contributed by atoms with Crippen LogP contribution in [0.5, 0.6) is 0 Å². The van der Waals surface area contributed by atoms with Gasteiger partial charge in [0.25, 0.3) is 0 Å². The average molecular weight is 705 g/mol. The lowest BCUT2D eigenvalue weighted by molar-refractivity contribution is -0.305. The minimum absolute atomic E-state index is 0.0965. The van der Waals surface area contributed by atoms with Crippen LogP contribution in [0.2, 0.25) is 0 Å². The molecule has 50 heavy (non-hydrogen) atoms. The minimum Gasteiger partial charge on any atom is -0.457 e. The minimum atomic E-state index is -1.55. The van der Waals surface area contributed by atoms with Gasteiger partial charge < -0.3 is 39.4 Å². The smallest absolute Gasteiger partial charge is 0.306 e. The molecule has 0 aromatic rings. The first kappa shape index (κ1) is 45.7.